The van der Waals surface area contributed by atoms with Gasteiger partial charge in [-0.25, -0.2) is 4.79 Å². The lowest BCUT2D eigenvalue weighted by Gasteiger charge is -2.17. The number of fused-ring (bicyclic) bond motifs is 1. The predicted molar refractivity (Wildman–Crippen MR) is 89.3 cm³/mol. The van der Waals surface area contributed by atoms with Gasteiger partial charge in [0.25, 0.3) is 0 Å². The van der Waals surface area contributed by atoms with Crippen LogP contribution in [0.1, 0.15) is 30.9 Å². The lowest BCUT2D eigenvalue weighted by atomic mass is 10.0. The Kier molecular flexibility index (Phi) is 5.80. The SMILES string of the molecule is CC[C@@H](NC(=O)CCc1c(C)c2ccc(OC)cc2oc1=O)C(=O)[O-]. The molecule has 0 aliphatic heterocycles. The molecular formula is C18H20NO6-. The van der Waals surface area contributed by atoms with E-state index in [0.717, 1.165) is 10.9 Å². The molecule has 2 rings (SSSR count). The minimum Gasteiger partial charge on any atom is -0.548 e. The number of nitrogens with one attached hydrogen (secondary N) is 1. The molecule has 1 N–H and O–H groups in total. The fraction of sp³-hybridized carbons (Fsp3) is 0.389. The van der Waals surface area contributed by atoms with Crippen LogP contribution in [0.25, 0.3) is 11.0 Å². The summed E-state index contributed by atoms with van der Waals surface area (Å²) in [5, 5.41) is 14.0. The number of amides is 1. The second-order valence-corrected chi connectivity index (χ2v) is 5.70. The first-order valence-electron chi connectivity index (χ1n) is 7.97. The van der Waals surface area contributed by atoms with Gasteiger partial charge in [-0.15, -0.1) is 0 Å². The van der Waals surface area contributed by atoms with Crippen LogP contribution in [0.15, 0.2) is 27.4 Å². The number of carbonyl (C=O) groups excluding carboxylic acids is 2. The third-order valence-corrected chi connectivity index (χ3v) is 4.12. The largest absolute Gasteiger partial charge is 0.548 e. The van der Waals surface area contributed by atoms with Gasteiger partial charge in [0, 0.05) is 23.4 Å². The monoisotopic (exact) mass is 346 g/mol. The summed E-state index contributed by atoms with van der Waals surface area (Å²) in [5.74, 6) is -1.20. The number of benzene rings is 1. The number of aliphatic carboxylic acids is 1. The molecule has 1 aromatic heterocycles. The van der Waals surface area contributed by atoms with E-state index in [2.05, 4.69) is 5.32 Å². The van der Waals surface area contributed by atoms with Crippen LogP contribution in [0.2, 0.25) is 0 Å². The molecule has 134 valence electrons. The summed E-state index contributed by atoms with van der Waals surface area (Å²) in [6, 6.07) is 4.15. The summed E-state index contributed by atoms with van der Waals surface area (Å²) in [7, 11) is 1.52. The van der Waals surface area contributed by atoms with Crippen molar-refractivity contribution >= 4 is 22.8 Å². The molecule has 25 heavy (non-hydrogen) atoms. The zero-order valence-corrected chi connectivity index (χ0v) is 14.4. The smallest absolute Gasteiger partial charge is 0.339 e. The van der Waals surface area contributed by atoms with Crippen molar-refractivity contribution in [2.45, 2.75) is 39.2 Å². The third kappa shape index (κ3) is 4.17. The summed E-state index contributed by atoms with van der Waals surface area (Å²) < 4.78 is 10.4. The number of rotatable bonds is 7. The van der Waals surface area contributed by atoms with Crippen molar-refractivity contribution in [1.82, 2.24) is 5.32 Å². The fourth-order valence-corrected chi connectivity index (χ4v) is 2.62. The van der Waals surface area contributed by atoms with Crippen molar-refractivity contribution in [3.63, 3.8) is 0 Å². The van der Waals surface area contributed by atoms with Gasteiger partial charge in [0.05, 0.1) is 19.1 Å². The van der Waals surface area contributed by atoms with Gasteiger partial charge >= 0.3 is 5.63 Å². The number of carbonyl (C=O) groups is 2. The maximum atomic E-state index is 12.2. The van der Waals surface area contributed by atoms with Gasteiger partial charge in [-0.1, -0.05) is 6.92 Å². The van der Waals surface area contributed by atoms with Crippen molar-refractivity contribution in [2.24, 2.45) is 0 Å². The van der Waals surface area contributed by atoms with Crippen LogP contribution in [-0.2, 0) is 16.0 Å². The molecule has 1 heterocycles. The molecule has 0 aliphatic rings. The lowest BCUT2D eigenvalue weighted by Crippen LogP contribution is -2.47. The van der Waals surface area contributed by atoms with E-state index in [-0.39, 0.29) is 19.3 Å². The summed E-state index contributed by atoms with van der Waals surface area (Å²) in [6.45, 7) is 3.42. The first kappa shape index (κ1) is 18.5. The zero-order valence-electron chi connectivity index (χ0n) is 14.4. The molecule has 0 saturated heterocycles. The van der Waals surface area contributed by atoms with Gasteiger partial charge in [-0.05, 0) is 37.5 Å². The summed E-state index contributed by atoms with van der Waals surface area (Å²) in [5.41, 5.74) is 1.03. The van der Waals surface area contributed by atoms with E-state index in [1.807, 2.05) is 0 Å². The highest BCUT2D eigenvalue weighted by molar-refractivity contribution is 5.84. The van der Waals surface area contributed by atoms with Crippen LogP contribution < -0.4 is 20.8 Å². The molecule has 0 spiro atoms. The standard InChI is InChI=1S/C18H21NO6/c1-4-14(17(21)22)19-16(20)8-7-13-10(2)12-6-5-11(24-3)9-15(12)25-18(13)23/h5-6,9,14H,4,7-8H2,1-3H3,(H,19,20)(H,21,22)/p-1/t14-/m1/s1. The molecule has 0 radical (unpaired) electrons. The number of methoxy groups -OCH3 is 1. The van der Waals surface area contributed by atoms with Crippen LogP contribution in [0.5, 0.6) is 5.75 Å². The van der Waals surface area contributed by atoms with Gasteiger partial charge in [0.15, 0.2) is 0 Å². The first-order chi connectivity index (χ1) is 11.9. The molecule has 0 bridgehead atoms. The maximum absolute atomic E-state index is 12.2. The van der Waals surface area contributed by atoms with Gasteiger partial charge in [-0.2, -0.15) is 0 Å². The van der Waals surface area contributed by atoms with Crippen molar-refractivity contribution in [3.8, 4) is 5.75 Å². The molecule has 0 saturated carbocycles. The minimum atomic E-state index is -1.33. The van der Waals surface area contributed by atoms with Crippen LogP contribution in [0.3, 0.4) is 0 Å². The van der Waals surface area contributed by atoms with E-state index in [4.69, 9.17) is 9.15 Å². The van der Waals surface area contributed by atoms with Gasteiger partial charge in [0.1, 0.15) is 11.3 Å². The molecule has 1 amide bonds. The van der Waals surface area contributed by atoms with Crippen LogP contribution in [0, 0.1) is 6.92 Å². The van der Waals surface area contributed by atoms with Crippen LogP contribution in [-0.4, -0.2) is 25.0 Å². The Balaban J connectivity index is 2.20. The highest BCUT2D eigenvalue weighted by Crippen LogP contribution is 2.24. The lowest BCUT2D eigenvalue weighted by molar-refractivity contribution is -0.308. The second kappa shape index (κ2) is 7.83. The topological polar surface area (TPSA) is 109 Å². The maximum Gasteiger partial charge on any atom is 0.339 e. The fourth-order valence-electron chi connectivity index (χ4n) is 2.62. The quantitative estimate of drug-likeness (QED) is 0.739. The molecule has 1 aromatic carbocycles. The highest BCUT2D eigenvalue weighted by Gasteiger charge is 2.15. The molecule has 7 heteroatoms. The normalized spacial score (nSPS) is 12.0. The Labute approximate surface area is 144 Å². The zero-order chi connectivity index (χ0) is 18.6. The molecule has 1 atom stereocenters. The Bertz CT molecular complexity index is 855. The Morgan fingerprint density at radius 3 is 2.68 bits per heavy atom. The van der Waals surface area contributed by atoms with Crippen molar-refractivity contribution in [1.29, 1.82) is 0 Å². The van der Waals surface area contributed by atoms with Crippen molar-refractivity contribution in [3.05, 3.63) is 39.7 Å². The first-order valence-corrected chi connectivity index (χ1v) is 7.97. The highest BCUT2D eigenvalue weighted by atomic mass is 16.5. The third-order valence-electron chi connectivity index (χ3n) is 4.12. The Morgan fingerprint density at radius 1 is 1.36 bits per heavy atom. The number of carboxylic acid groups (broad SMARTS) is 1. The van der Waals surface area contributed by atoms with E-state index in [0.29, 0.717) is 16.9 Å². The molecule has 0 unspecified atom stereocenters. The number of hydrogen-bond donors (Lipinski definition) is 1. The van der Waals surface area contributed by atoms with Crippen LogP contribution in [0.4, 0.5) is 0 Å². The van der Waals surface area contributed by atoms with E-state index in [1.165, 1.54) is 7.11 Å². The van der Waals surface area contributed by atoms with Crippen molar-refractivity contribution < 1.29 is 23.8 Å². The van der Waals surface area contributed by atoms with E-state index < -0.39 is 23.5 Å². The van der Waals surface area contributed by atoms with E-state index >= 15 is 0 Å². The summed E-state index contributed by atoms with van der Waals surface area (Å²) in [4.78, 5) is 35.0. The minimum absolute atomic E-state index is 0.0168. The number of carboxylic acids is 1. The molecule has 2 aromatic rings. The Hall–Kier alpha value is -2.83. The number of hydrogen-bond acceptors (Lipinski definition) is 6. The van der Waals surface area contributed by atoms with Crippen LogP contribution >= 0.6 is 0 Å². The number of aryl methyl sites for hydroxylation is 1. The molecule has 0 fully saturated rings. The van der Waals surface area contributed by atoms with Gasteiger partial charge in [0.2, 0.25) is 5.91 Å². The summed E-state index contributed by atoms with van der Waals surface area (Å²) >= 11 is 0. The molecular weight excluding hydrogens is 326 g/mol. The average Bonchev–Trinajstić information content (AvgIpc) is 2.58. The Morgan fingerprint density at radius 2 is 2.08 bits per heavy atom. The number of ether oxygens (including phenoxy) is 1. The van der Waals surface area contributed by atoms with E-state index in [1.54, 1.807) is 32.0 Å². The summed E-state index contributed by atoms with van der Waals surface area (Å²) in [6.07, 6.45) is 0.371. The van der Waals surface area contributed by atoms with Crippen molar-refractivity contribution in [2.75, 3.05) is 7.11 Å². The van der Waals surface area contributed by atoms with Gasteiger partial charge in [-0.3, -0.25) is 4.79 Å². The molecule has 7 nitrogen and oxygen atoms in total. The van der Waals surface area contributed by atoms with Gasteiger partial charge < -0.3 is 24.4 Å². The molecule has 0 aliphatic carbocycles. The predicted octanol–water partition coefficient (Wildman–Crippen LogP) is 0.687. The van der Waals surface area contributed by atoms with E-state index in [9.17, 15) is 19.5 Å². The average molecular weight is 346 g/mol. The second-order valence-electron chi connectivity index (χ2n) is 5.70.